The Hall–Kier alpha value is -2.68. The number of hydrogen-bond acceptors (Lipinski definition) is 7. The molecule has 9 nitrogen and oxygen atoms in total. The number of nitrogens with zero attached hydrogens (tertiary/aromatic N) is 4. The number of aryl methyl sites for hydroxylation is 1. The summed E-state index contributed by atoms with van der Waals surface area (Å²) in [5.74, 6) is 0.782. The summed E-state index contributed by atoms with van der Waals surface area (Å²) in [5, 5.41) is 4.41. The van der Waals surface area contributed by atoms with Crippen molar-refractivity contribution in [2.24, 2.45) is 5.16 Å². The fourth-order valence-electron chi connectivity index (χ4n) is 2.96. The molecule has 26 heavy (non-hydrogen) atoms. The van der Waals surface area contributed by atoms with Gasteiger partial charge in [-0.25, -0.2) is 4.79 Å². The van der Waals surface area contributed by atoms with Gasteiger partial charge in [0.05, 0.1) is 0 Å². The van der Waals surface area contributed by atoms with Crippen LogP contribution in [0.1, 0.15) is 25.8 Å². The Kier molecular flexibility index (Phi) is 5.36. The van der Waals surface area contributed by atoms with Crippen molar-refractivity contribution in [3.8, 4) is 6.01 Å². The molecule has 0 amide bonds. The van der Waals surface area contributed by atoms with E-state index in [1.807, 2.05) is 13.8 Å². The lowest BCUT2D eigenvalue weighted by Gasteiger charge is -2.33. The third-order valence-corrected chi connectivity index (χ3v) is 4.48. The summed E-state index contributed by atoms with van der Waals surface area (Å²) in [5.41, 5.74) is -0.417. The average molecular weight is 361 g/mol. The molecular weight excluding hydrogens is 338 g/mol. The summed E-state index contributed by atoms with van der Waals surface area (Å²) < 4.78 is 5.06. The molecule has 1 N–H and O–H groups in total. The van der Waals surface area contributed by atoms with Gasteiger partial charge in [-0.3, -0.25) is 9.78 Å². The molecule has 0 aromatic carbocycles. The molecule has 0 aliphatic carbocycles. The number of oxime groups is 1. The Morgan fingerprint density at radius 3 is 2.69 bits per heavy atom. The molecule has 2 aromatic rings. The van der Waals surface area contributed by atoms with Gasteiger partial charge in [0.2, 0.25) is 5.71 Å². The molecule has 1 fully saturated rings. The summed E-state index contributed by atoms with van der Waals surface area (Å²) >= 11 is 0. The van der Waals surface area contributed by atoms with Crippen LogP contribution in [0.25, 0.3) is 11.1 Å². The van der Waals surface area contributed by atoms with E-state index in [9.17, 15) is 9.59 Å². The van der Waals surface area contributed by atoms with E-state index in [1.165, 1.54) is 6.07 Å². The van der Waals surface area contributed by atoms with E-state index in [1.54, 1.807) is 0 Å². The number of amidine groups is 1. The maximum Gasteiger partial charge on any atom is 0.337 e. The Labute approximate surface area is 150 Å². The molecule has 0 radical (unpaired) electrons. The zero-order chi connectivity index (χ0) is 18.7. The molecule has 3 rings (SSSR count). The Morgan fingerprint density at radius 1 is 1.31 bits per heavy atom. The molecule has 1 aliphatic heterocycles. The molecular formula is C17H23N5O4. The molecule has 0 saturated carbocycles. The average Bonchev–Trinajstić information content (AvgIpc) is 2.62. The predicted molar refractivity (Wildman–Crippen MR) is 97.7 cm³/mol. The van der Waals surface area contributed by atoms with Crippen molar-refractivity contribution in [3.05, 3.63) is 32.4 Å². The lowest BCUT2D eigenvalue weighted by molar-refractivity contribution is 0.205. The number of rotatable bonds is 4. The zero-order valence-electron chi connectivity index (χ0n) is 15.2. The van der Waals surface area contributed by atoms with Gasteiger partial charge >= 0.3 is 11.6 Å². The Bertz CT molecular complexity index is 925. The molecule has 3 heterocycles. The van der Waals surface area contributed by atoms with Crippen LogP contribution < -0.4 is 16.0 Å². The molecule has 2 aromatic heterocycles. The van der Waals surface area contributed by atoms with E-state index >= 15 is 0 Å². The van der Waals surface area contributed by atoms with Gasteiger partial charge < -0.3 is 19.1 Å². The van der Waals surface area contributed by atoms with Crippen LogP contribution in [-0.2, 0) is 6.42 Å². The third kappa shape index (κ3) is 3.77. The highest BCUT2D eigenvalue weighted by Gasteiger charge is 2.17. The van der Waals surface area contributed by atoms with E-state index in [4.69, 9.17) is 9.25 Å². The van der Waals surface area contributed by atoms with Crippen LogP contribution in [0.5, 0.6) is 6.01 Å². The highest BCUT2D eigenvalue weighted by molar-refractivity contribution is 5.81. The van der Waals surface area contributed by atoms with Crippen LogP contribution in [0.4, 0.5) is 0 Å². The van der Waals surface area contributed by atoms with Gasteiger partial charge in [-0.15, -0.1) is 0 Å². The highest BCUT2D eigenvalue weighted by atomic mass is 16.6. The van der Waals surface area contributed by atoms with Crippen LogP contribution in [0.3, 0.4) is 0 Å². The minimum atomic E-state index is -0.548. The summed E-state index contributed by atoms with van der Waals surface area (Å²) in [7, 11) is 2.08. The number of fused-ring (bicyclic) bond motifs is 1. The molecule has 0 atom stereocenters. The summed E-state index contributed by atoms with van der Waals surface area (Å²) in [6, 6.07) is 1.21. The second-order valence-corrected chi connectivity index (χ2v) is 6.24. The van der Waals surface area contributed by atoms with Crippen molar-refractivity contribution in [1.82, 2.24) is 19.8 Å². The van der Waals surface area contributed by atoms with E-state index in [-0.39, 0.29) is 17.1 Å². The van der Waals surface area contributed by atoms with Gasteiger partial charge in [0.25, 0.3) is 5.56 Å². The van der Waals surface area contributed by atoms with Crippen molar-refractivity contribution in [2.45, 2.75) is 26.7 Å². The SMILES string of the molecule is CC/C(=N\Oc1nc2oc(=O)cc(CC)c2c(=O)[nH]1)N1CCN(C)CC1. The van der Waals surface area contributed by atoms with Crippen LogP contribution in [0, 0.1) is 0 Å². The summed E-state index contributed by atoms with van der Waals surface area (Å²) in [4.78, 5) is 40.4. The van der Waals surface area contributed by atoms with Crippen molar-refractivity contribution in [3.63, 3.8) is 0 Å². The fraction of sp³-hybridized carbons (Fsp3) is 0.529. The van der Waals surface area contributed by atoms with Crippen molar-refractivity contribution in [2.75, 3.05) is 33.2 Å². The van der Waals surface area contributed by atoms with Crippen molar-refractivity contribution < 1.29 is 9.25 Å². The van der Waals surface area contributed by atoms with E-state index in [0.717, 1.165) is 32.0 Å². The topological polar surface area (TPSA) is 104 Å². The number of likely N-dealkylation sites (N-methyl/N-ethyl adjacent to an activating group) is 1. The maximum atomic E-state index is 12.3. The van der Waals surface area contributed by atoms with Gasteiger partial charge in [-0.1, -0.05) is 19.0 Å². The second kappa shape index (κ2) is 7.69. The monoisotopic (exact) mass is 361 g/mol. The first-order valence-electron chi connectivity index (χ1n) is 8.76. The lowest BCUT2D eigenvalue weighted by atomic mass is 10.1. The second-order valence-electron chi connectivity index (χ2n) is 6.24. The molecule has 9 heteroatoms. The van der Waals surface area contributed by atoms with Gasteiger partial charge in [-0.2, -0.15) is 4.98 Å². The Morgan fingerprint density at radius 2 is 2.04 bits per heavy atom. The molecule has 0 spiro atoms. The molecule has 140 valence electrons. The van der Waals surface area contributed by atoms with Crippen LogP contribution in [0.2, 0.25) is 0 Å². The van der Waals surface area contributed by atoms with Gasteiger partial charge in [0.15, 0.2) is 0 Å². The first-order chi connectivity index (χ1) is 12.5. The quantitative estimate of drug-likeness (QED) is 0.488. The largest absolute Gasteiger partial charge is 0.403 e. The molecule has 1 aliphatic rings. The minimum absolute atomic E-state index is 0.0408. The maximum absolute atomic E-state index is 12.3. The summed E-state index contributed by atoms with van der Waals surface area (Å²) in [6.07, 6.45) is 1.21. The van der Waals surface area contributed by atoms with Crippen molar-refractivity contribution >= 4 is 16.9 Å². The standard InChI is InChI=1S/C17H23N5O4/c1-4-11-10-13(23)25-16-14(11)15(24)18-17(19-16)26-20-12(5-2)22-8-6-21(3)7-9-22/h10H,4-9H2,1-3H3,(H,18,19,24)/b20-12+. The third-order valence-electron chi connectivity index (χ3n) is 4.48. The lowest BCUT2D eigenvalue weighted by Crippen LogP contribution is -2.47. The predicted octanol–water partition coefficient (Wildman–Crippen LogP) is 0.788. The molecule has 1 saturated heterocycles. The number of piperazine rings is 1. The number of aromatic amines is 1. The number of nitrogens with one attached hydrogen (secondary N) is 1. The van der Waals surface area contributed by atoms with Gasteiger partial charge in [0, 0.05) is 38.7 Å². The first-order valence-corrected chi connectivity index (χ1v) is 8.76. The highest BCUT2D eigenvalue weighted by Crippen LogP contribution is 2.14. The number of aromatic nitrogens is 2. The Balaban J connectivity index is 1.88. The molecule has 0 unspecified atom stereocenters. The molecule has 0 bridgehead atoms. The number of hydrogen-bond donors (Lipinski definition) is 1. The van der Waals surface area contributed by atoms with E-state index in [0.29, 0.717) is 18.4 Å². The first kappa shape index (κ1) is 18.1. The van der Waals surface area contributed by atoms with Gasteiger partial charge in [-0.05, 0) is 19.0 Å². The fourth-order valence-corrected chi connectivity index (χ4v) is 2.96. The normalized spacial score (nSPS) is 16.3. The van der Waals surface area contributed by atoms with E-state index in [2.05, 4.69) is 32.0 Å². The van der Waals surface area contributed by atoms with Gasteiger partial charge in [0.1, 0.15) is 11.2 Å². The smallest absolute Gasteiger partial charge is 0.337 e. The number of H-pyrrole nitrogens is 1. The van der Waals surface area contributed by atoms with Crippen LogP contribution in [-0.4, -0.2) is 58.8 Å². The minimum Gasteiger partial charge on any atom is -0.403 e. The van der Waals surface area contributed by atoms with Crippen LogP contribution >= 0.6 is 0 Å². The summed E-state index contributed by atoms with van der Waals surface area (Å²) in [6.45, 7) is 7.48. The zero-order valence-corrected chi connectivity index (χ0v) is 15.2. The van der Waals surface area contributed by atoms with Crippen molar-refractivity contribution in [1.29, 1.82) is 0 Å². The van der Waals surface area contributed by atoms with Crippen LogP contribution in [0.15, 0.2) is 25.2 Å². The van der Waals surface area contributed by atoms with E-state index < -0.39 is 11.2 Å².